The smallest absolute Gasteiger partial charge is 0.335 e. The number of anilines is 2. The highest BCUT2D eigenvalue weighted by atomic mass is 35.5. The Labute approximate surface area is 166 Å². The number of furan rings is 1. The van der Waals surface area contributed by atoms with Crippen LogP contribution in [0.4, 0.5) is 17.2 Å². The van der Waals surface area contributed by atoms with Gasteiger partial charge in [-0.15, -0.1) is 0 Å². The Morgan fingerprint density at radius 1 is 1.36 bits per heavy atom. The first kappa shape index (κ1) is 18.5. The lowest BCUT2D eigenvalue weighted by molar-refractivity contribution is -0.383. The van der Waals surface area contributed by atoms with Gasteiger partial charge in [-0.3, -0.25) is 15.0 Å². The van der Waals surface area contributed by atoms with E-state index in [0.29, 0.717) is 0 Å². The van der Waals surface area contributed by atoms with Gasteiger partial charge in [0.1, 0.15) is 11.3 Å². The van der Waals surface area contributed by atoms with Gasteiger partial charge in [0, 0.05) is 31.1 Å². The van der Waals surface area contributed by atoms with Gasteiger partial charge in [0.15, 0.2) is 0 Å². The van der Waals surface area contributed by atoms with Gasteiger partial charge >= 0.3 is 5.69 Å². The van der Waals surface area contributed by atoms with Crippen LogP contribution in [0, 0.1) is 10.1 Å². The minimum atomic E-state index is -0.544. The average Bonchev–Trinajstić information content (AvgIpc) is 3.14. The molecule has 3 aromatic rings. The SMILES string of the molecule is Nc1ncc(Cl)c(NC2CCN(Cc3ccc4occc4c3)CC2)c1[N+](=O)[O-]. The highest BCUT2D eigenvalue weighted by Crippen LogP contribution is 2.36. The third-order valence-corrected chi connectivity index (χ3v) is 5.36. The van der Waals surface area contributed by atoms with Crippen LogP contribution in [-0.4, -0.2) is 33.9 Å². The van der Waals surface area contributed by atoms with Crippen molar-refractivity contribution < 1.29 is 9.34 Å². The van der Waals surface area contributed by atoms with Gasteiger partial charge in [0.05, 0.1) is 22.4 Å². The fourth-order valence-electron chi connectivity index (χ4n) is 3.63. The van der Waals surface area contributed by atoms with Crippen LogP contribution in [0.3, 0.4) is 0 Å². The van der Waals surface area contributed by atoms with Crippen molar-refractivity contribution in [3.05, 3.63) is 57.4 Å². The Morgan fingerprint density at radius 2 is 2.14 bits per heavy atom. The molecule has 0 bridgehead atoms. The van der Waals surface area contributed by atoms with Crippen LogP contribution in [0.25, 0.3) is 11.0 Å². The van der Waals surface area contributed by atoms with E-state index in [9.17, 15) is 10.1 Å². The quantitative estimate of drug-likeness (QED) is 0.490. The number of nitrogens with two attached hydrogens (primary N) is 1. The normalized spacial score (nSPS) is 15.8. The standard InChI is InChI=1S/C19H20ClN5O3/c20-15-10-22-19(21)18(25(26)27)17(15)23-14-3-6-24(7-4-14)11-12-1-2-16-13(9-12)5-8-28-16/h1-2,5,8-10,14H,3-4,6-7,11H2,(H3,21,22,23). The van der Waals surface area contributed by atoms with E-state index < -0.39 is 4.92 Å². The van der Waals surface area contributed by atoms with Crippen LogP contribution in [0.2, 0.25) is 5.02 Å². The summed E-state index contributed by atoms with van der Waals surface area (Å²) in [7, 11) is 0. The summed E-state index contributed by atoms with van der Waals surface area (Å²) in [5.74, 6) is -0.135. The molecule has 3 N–H and O–H groups in total. The number of likely N-dealkylation sites (tertiary alicyclic amines) is 1. The molecule has 146 valence electrons. The number of hydrogen-bond donors (Lipinski definition) is 2. The highest BCUT2D eigenvalue weighted by molar-refractivity contribution is 6.33. The summed E-state index contributed by atoms with van der Waals surface area (Å²) >= 11 is 6.14. The molecule has 28 heavy (non-hydrogen) atoms. The van der Waals surface area contributed by atoms with E-state index in [1.54, 1.807) is 6.26 Å². The maximum absolute atomic E-state index is 11.3. The number of nitrogens with zero attached hydrogens (tertiary/aromatic N) is 3. The minimum absolute atomic E-state index is 0.0885. The number of nitro groups is 1. The maximum Gasteiger partial charge on any atom is 0.335 e. The van der Waals surface area contributed by atoms with E-state index in [1.165, 1.54) is 11.8 Å². The molecule has 1 aromatic carbocycles. The molecule has 8 nitrogen and oxygen atoms in total. The number of halogens is 1. The molecule has 1 aliphatic heterocycles. The molecule has 0 saturated carbocycles. The topological polar surface area (TPSA) is 110 Å². The molecule has 0 radical (unpaired) electrons. The van der Waals surface area contributed by atoms with Gasteiger partial charge < -0.3 is 15.5 Å². The van der Waals surface area contributed by atoms with Crippen LogP contribution in [0.1, 0.15) is 18.4 Å². The molecule has 0 unspecified atom stereocenters. The van der Waals surface area contributed by atoms with Crippen molar-refractivity contribution in [1.82, 2.24) is 9.88 Å². The van der Waals surface area contributed by atoms with Crippen LogP contribution < -0.4 is 11.1 Å². The van der Waals surface area contributed by atoms with Gasteiger partial charge in [-0.05, 0) is 36.6 Å². The Bertz CT molecular complexity index is 1010. The maximum atomic E-state index is 11.3. The fourth-order valence-corrected chi connectivity index (χ4v) is 3.82. The van der Waals surface area contributed by atoms with Crippen LogP contribution in [0.5, 0.6) is 0 Å². The second kappa shape index (κ2) is 7.65. The largest absolute Gasteiger partial charge is 0.464 e. The third-order valence-electron chi connectivity index (χ3n) is 5.08. The van der Waals surface area contributed by atoms with Gasteiger partial charge in [0.25, 0.3) is 0 Å². The lowest BCUT2D eigenvalue weighted by Gasteiger charge is -2.33. The molecular weight excluding hydrogens is 382 g/mol. The third kappa shape index (κ3) is 3.74. The Hall–Kier alpha value is -2.84. The summed E-state index contributed by atoms with van der Waals surface area (Å²) in [5, 5.41) is 15.9. The summed E-state index contributed by atoms with van der Waals surface area (Å²) in [4.78, 5) is 16.9. The number of benzene rings is 1. The molecule has 3 heterocycles. The molecule has 0 amide bonds. The molecule has 4 rings (SSSR count). The first-order valence-corrected chi connectivity index (χ1v) is 9.42. The van der Waals surface area contributed by atoms with Gasteiger partial charge in [-0.2, -0.15) is 0 Å². The molecule has 0 spiro atoms. The number of nitrogens with one attached hydrogen (secondary N) is 1. The van der Waals surface area contributed by atoms with E-state index >= 15 is 0 Å². The van der Waals surface area contributed by atoms with Crippen molar-refractivity contribution in [3.63, 3.8) is 0 Å². The first-order chi connectivity index (χ1) is 13.5. The summed E-state index contributed by atoms with van der Waals surface area (Å²) in [5.41, 5.74) is 7.79. The van der Waals surface area contributed by atoms with E-state index in [0.717, 1.165) is 43.4 Å². The summed E-state index contributed by atoms with van der Waals surface area (Å²) < 4.78 is 5.38. The van der Waals surface area contributed by atoms with Crippen molar-refractivity contribution in [3.8, 4) is 0 Å². The predicted octanol–water partition coefficient (Wildman–Crippen LogP) is 4.05. The van der Waals surface area contributed by atoms with Crippen molar-refractivity contribution >= 4 is 39.8 Å². The van der Waals surface area contributed by atoms with Crippen LogP contribution in [0.15, 0.2) is 41.1 Å². The van der Waals surface area contributed by atoms with E-state index in [-0.39, 0.29) is 28.3 Å². The second-order valence-corrected chi connectivity index (χ2v) is 7.37. The highest BCUT2D eigenvalue weighted by Gasteiger charge is 2.27. The molecule has 9 heteroatoms. The van der Waals surface area contributed by atoms with Crippen molar-refractivity contribution in [2.45, 2.75) is 25.4 Å². The Balaban J connectivity index is 1.39. The molecule has 0 atom stereocenters. The molecular formula is C19H20ClN5O3. The number of aromatic nitrogens is 1. The number of nitrogen functional groups attached to an aromatic ring is 1. The van der Waals surface area contributed by atoms with Crippen LogP contribution >= 0.6 is 11.6 Å². The molecule has 1 saturated heterocycles. The van der Waals surface area contributed by atoms with E-state index in [2.05, 4.69) is 27.3 Å². The molecule has 1 aliphatic rings. The van der Waals surface area contributed by atoms with Gasteiger partial charge in [-0.1, -0.05) is 17.7 Å². The monoisotopic (exact) mass is 401 g/mol. The summed E-state index contributed by atoms with van der Waals surface area (Å²) in [6.07, 6.45) is 4.74. The first-order valence-electron chi connectivity index (χ1n) is 9.04. The van der Waals surface area contributed by atoms with Crippen molar-refractivity contribution in [2.24, 2.45) is 0 Å². The second-order valence-electron chi connectivity index (χ2n) is 6.96. The zero-order chi connectivity index (χ0) is 19.7. The summed E-state index contributed by atoms with van der Waals surface area (Å²) in [6.45, 7) is 2.62. The minimum Gasteiger partial charge on any atom is -0.464 e. The van der Waals surface area contributed by atoms with E-state index in [4.69, 9.17) is 21.8 Å². The fraction of sp³-hybridized carbons (Fsp3) is 0.316. The Morgan fingerprint density at radius 3 is 2.89 bits per heavy atom. The summed E-state index contributed by atoms with van der Waals surface area (Å²) in [6, 6.07) is 8.27. The van der Waals surface area contributed by atoms with Crippen molar-refractivity contribution in [2.75, 3.05) is 24.1 Å². The van der Waals surface area contributed by atoms with Crippen molar-refractivity contribution in [1.29, 1.82) is 0 Å². The lowest BCUT2D eigenvalue weighted by atomic mass is 10.0. The number of piperidine rings is 1. The van der Waals surface area contributed by atoms with E-state index in [1.807, 2.05) is 12.1 Å². The number of rotatable bonds is 5. The lowest BCUT2D eigenvalue weighted by Crippen LogP contribution is -2.38. The zero-order valence-electron chi connectivity index (χ0n) is 15.1. The molecule has 2 aromatic heterocycles. The molecule has 1 fully saturated rings. The zero-order valence-corrected chi connectivity index (χ0v) is 15.9. The predicted molar refractivity (Wildman–Crippen MR) is 108 cm³/mol. The number of fused-ring (bicyclic) bond motifs is 1. The van der Waals surface area contributed by atoms with Crippen LogP contribution in [-0.2, 0) is 6.54 Å². The number of hydrogen-bond acceptors (Lipinski definition) is 7. The average molecular weight is 402 g/mol. The molecule has 0 aliphatic carbocycles. The Kier molecular flexibility index (Phi) is 5.06. The van der Waals surface area contributed by atoms with Gasteiger partial charge in [0.2, 0.25) is 5.82 Å². The van der Waals surface area contributed by atoms with Gasteiger partial charge in [-0.25, -0.2) is 4.98 Å². The number of pyridine rings is 1.